The number of hydrogen-bond acceptors (Lipinski definition) is 28. The summed E-state index contributed by atoms with van der Waals surface area (Å²) in [5.41, 5.74) is 63.7. The number of carbonyl (C=O) groups excluding carboxylic acids is 15. The first-order chi connectivity index (χ1) is 66.1. The minimum absolute atomic E-state index is 0.00152. The topological polar surface area (TPSA) is 958 Å². The third-order valence-corrected chi connectivity index (χ3v) is 24.3. The van der Waals surface area contributed by atoms with Gasteiger partial charge in [0.25, 0.3) is 0 Å². The minimum Gasteiger partial charge on any atom is -0.508 e. The number of rotatable bonds is 49. The predicted octanol–water partition coefficient (Wildman–Crippen LogP) is -9.81. The molecule has 14 atom stereocenters. The number of carbonyl (C=O) groups is 15. The Labute approximate surface area is 812 Å². The fourth-order valence-electron chi connectivity index (χ4n) is 14.5. The monoisotopic (exact) mass is 1990 g/mol. The molecule has 4 rings (SSSR count). The highest BCUT2D eigenvalue weighted by atomic mass is 33.1. The second kappa shape index (κ2) is 64.2. The van der Waals surface area contributed by atoms with Crippen LogP contribution in [-0.2, 0) is 80.0 Å². The van der Waals surface area contributed by atoms with Crippen molar-refractivity contribution in [1.82, 2.24) is 106 Å². The predicted molar refractivity (Wildman–Crippen MR) is 521 cm³/mol. The number of amides is 16. The summed E-state index contributed by atoms with van der Waals surface area (Å²) < 4.78 is 0. The molecule has 0 aromatic heterocycles. The van der Waals surface area contributed by atoms with E-state index in [-0.39, 0.29) is 223 Å². The molecule has 2 aliphatic rings. The Hall–Kier alpha value is -13.9. The SMILES string of the molecule is N=C(N)NCCC[C@H](NC(=O)[C@@H]1CSSC[C@H](NC(=O)[C@H](CCCNC(=N)N)NC(=O)[C@H](CCCNC(=N)N)NC(=O)[C@@H](N)CCCNC(=N)N)C(=O)N[C@@H](Cc2ccc(O)cc2)C(=O)N[C@@H](CCCNC(=N)N)C(=O)N[C@@H](CCCCN)C(=O)N[C@H](CCCCN)C(=O)N2CCC[C@H]2C(=O)N[C@@H](Cc2ccc(O)cc2)C(=O)N[C@@H](CCCNC(=N)N)C(=O)N[C@@H](CCCNC(N)=O)C(=O)N1)C(N)=O. The molecule has 0 spiro atoms. The van der Waals surface area contributed by atoms with Gasteiger partial charge >= 0.3 is 6.03 Å². The molecule has 2 aromatic carbocycles. The quantitative estimate of drug-likeness (QED) is 0.0127. The lowest BCUT2D eigenvalue weighted by molar-refractivity contribution is -0.142. The van der Waals surface area contributed by atoms with Crippen molar-refractivity contribution < 1.29 is 82.1 Å². The zero-order valence-electron chi connectivity index (χ0n) is 77.8. The summed E-state index contributed by atoms with van der Waals surface area (Å²) >= 11 is 0. The third-order valence-electron chi connectivity index (χ3n) is 21.9. The average molecular weight is 2000 g/mol. The van der Waals surface area contributed by atoms with E-state index >= 15 is 52.7 Å². The third kappa shape index (κ3) is 47.1. The van der Waals surface area contributed by atoms with Gasteiger partial charge < -0.3 is 179 Å². The van der Waals surface area contributed by atoms with Crippen LogP contribution in [0.3, 0.4) is 0 Å². The van der Waals surface area contributed by atoms with Gasteiger partial charge in [-0.15, -0.1) is 0 Å². The van der Waals surface area contributed by atoms with Crippen LogP contribution in [0.4, 0.5) is 4.79 Å². The van der Waals surface area contributed by atoms with E-state index in [0.717, 1.165) is 21.6 Å². The number of primary amides is 2. The molecule has 56 heteroatoms. The van der Waals surface area contributed by atoms with E-state index < -0.39 is 221 Å². The van der Waals surface area contributed by atoms with Gasteiger partial charge in [0.05, 0.1) is 6.04 Å². The van der Waals surface area contributed by atoms with Crippen LogP contribution in [0.15, 0.2) is 48.5 Å². The number of benzene rings is 2. The van der Waals surface area contributed by atoms with Gasteiger partial charge in [0.1, 0.15) is 90.0 Å². The van der Waals surface area contributed by atoms with Gasteiger partial charge in [0.15, 0.2) is 35.8 Å². The molecule has 774 valence electrons. The van der Waals surface area contributed by atoms with Crippen molar-refractivity contribution in [2.24, 2.45) is 63.1 Å². The van der Waals surface area contributed by atoms with Crippen LogP contribution in [0, 0.1) is 32.5 Å². The van der Waals surface area contributed by atoms with Crippen LogP contribution in [0.5, 0.6) is 11.5 Å². The van der Waals surface area contributed by atoms with Crippen molar-refractivity contribution in [2.75, 3.05) is 77.0 Å². The highest BCUT2D eigenvalue weighted by Crippen LogP contribution is 2.26. The summed E-state index contributed by atoms with van der Waals surface area (Å²) in [4.78, 5) is 224. The van der Waals surface area contributed by atoms with E-state index in [0.29, 0.717) is 18.4 Å². The number of hydrogen-bond donors (Lipinski definition) is 38. The maximum atomic E-state index is 15.8. The van der Waals surface area contributed by atoms with E-state index in [1.807, 2.05) is 0 Å². The van der Waals surface area contributed by atoms with Gasteiger partial charge in [-0.2, -0.15) is 0 Å². The van der Waals surface area contributed by atoms with Crippen molar-refractivity contribution in [3.05, 3.63) is 59.7 Å². The lowest BCUT2D eigenvalue weighted by Crippen LogP contribution is -2.61. The van der Waals surface area contributed by atoms with Crippen LogP contribution in [-0.4, -0.2) is 301 Å². The maximum absolute atomic E-state index is 15.8. The van der Waals surface area contributed by atoms with Gasteiger partial charge in [0.2, 0.25) is 82.7 Å². The summed E-state index contributed by atoms with van der Waals surface area (Å²) in [5, 5.41) is 117. The molecule has 54 nitrogen and oxygen atoms in total. The molecular formula is C83H143N37O17S2. The Balaban J connectivity index is 2.14. The molecule has 2 aliphatic heterocycles. The number of nitrogens with one attached hydrogen (secondary N) is 25. The lowest BCUT2D eigenvalue weighted by Gasteiger charge is -2.31. The number of urea groups is 1. The molecule has 139 heavy (non-hydrogen) atoms. The highest BCUT2D eigenvalue weighted by molar-refractivity contribution is 8.76. The Bertz CT molecular complexity index is 4440. The van der Waals surface area contributed by atoms with Crippen molar-refractivity contribution in [2.45, 2.75) is 239 Å². The maximum Gasteiger partial charge on any atom is 0.312 e. The van der Waals surface area contributed by atoms with E-state index in [9.17, 15) is 29.4 Å². The largest absolute Gasteiger partial charge is 0.508 e. The summed E-state index contributed by atoms with van der Waals surface area (Å²) in [6.07, 6.45) is -1.25. The number of fused-ring (bicyclic) bond motifs is 1. The molecule has 2 fully saturated rings. The first-order valence-electron chi connectivity index (χ1n) is 45.8. The van der Waals surface area contributed by atoms with E-state index in [2.05, 4.69) is 101 Å². The number of phenols is 2. The lowest BCUT2D eigenvalue weighted by atomic mass is 10.0. The van der Waals surface area contributed by atoms with Crippen LogP contribution in [0.25, 0.3) is 0 Å². The molecule has 0 saturated carbocycles. The first kappa shape index (κ1) is 117. The molecular weight excluding hydrogens is 1850 g/mol. The summed E-state index contributed by atoms with van der Waals surface area (Å²) in [7, 11) is 1.47. The van der Waals surface area contributed by atoms with Crippen molar-refractivity contribution in [1.29, 1.82) is 32.5 Å². The minimum atomic E-state index is -1.90. The van der Waals surface area contributed by atoms with Gasteiger partial charge in [-0.25, -0.2) is 4.79 Å². The van der Waals surface area contributed by atoms with Crippen molar-refractivity contribution in [3.8, 4) is 11.5 Å². The van der Waals surface area contributed by atoms with E-state index in [4.69, 9.17) is 95.5 Å². The number of nitrogens with zero attached hydrogens (tertiary/aromatic N) is 1. The van der Waals surface area contributed by atoms with Crippen LogP contribution < -0.4 is 164 Å². The number of guanidine groups is 6. The molecule has 0 radical (unpaired) electrons. The molecule has 0 unspecified atom stereocenters. The fourth-order valence-corrected chi connectivity index (χ4v) is 16.8. The Morgan fingerprint density at radius 1 is 0.388 bits per heavy atom. The van der Waals surface area contributed by atoms with E-state index in [1.165, 1.54) is 53.4 Å². The van der Waals surface area contributed by atoms with Crippen LogP contribution in [0.1, 0.15) is 152 Å². The van der Waals surface area contributed by atoms with Crippen LogP contribution >= 0.6 is 21.6 Å². The van der Waals surface area contributed by atoms with Gasteiger partial charge in [-0.05, 0) is 190 Å². The van der Waals surface area contributed by atoms with Gasteiger partial charge in [-0.1, -0.05) is 45.9 Å². The van der Waals surface area contributed by atoms with Crippen LogP contribution in [0.2, 0.25) is 0 Å². The normalized spacial score (nSPS) is 20.4. The van der Waals surface area contributed by atoms with E-state index in [1.54, 1.807) is 0 Å². The molecule has 16 amide bonds. The number of aromatic hydroxyl groups is 2. The molecule has 49 N–H and O–H groups in total. The molecule has 2 aromatic rings. The Kier molecular flexibility index (Phi) is 54.2. The zero-order valence-corrected chi connectivity index (χ0v) is 79.4. The van der Waals surface area contributed by atoms with Gasteiger partial charge in [0, 0.05) is 76.7 Å². The zero-order chi connectivity index (χ0) is 103. The number of nitrogens with two attached hydrogens (primary N) is 11. The first-order valence-corrected chi connectivity index (χ1v) is 48.3. The van der Waals surface area contributed by atoms with Crippen molar-refractivity contribution >= 4 is 146 Å². The number of phenolic OH excluding ortho intramolecular Hbond substituents is 2. The standard InChI is InChI=1S/C83H143N37O17S2/c84-31-3-1-14-51-68(128)115-57(15-2-4-32-85)76(136)120-40-12-22-62(120)75(135)117-59(42-46-25-29-48(122)30-26-46)72(132)114-54(19-9-37-105-81(96)97)67(127)112-56(21-11-39-107-83(100)137)70(130)118-60(73(133)108-50(63(87)123)16-6-34-102-78(90)91)43-138-139-44-61(74(134)116-58(41-45-23-27-47(121)28-24-45)71(131)113-53(66(126)110-51)18-8-36-104-80(94)95)119-69(129)55(20-10-38-106-82(98)99)111-65(125)52(17-7-35-103-79(92)93)109-64(124)49(86)13-5-33-101-77(88)89/h23-30,49-62,121-122H,1-22,31-44,84-86H2,(H2,87,123)(H,108,133)(H,109,124)(H,110,126)(H,111,125)(H,112,127)(H,113,131)(H,114,132)(H,115,128)(H,116,134)(H,117,135)(H,118,130)(H,119,129)(H4,88,89,101)(H4,90,91,102)(H4,92,93,103)(H4,94,95,104)(H4,96,97,105)(H4,98,99,106)(H3,100,107,137)/t49-,50-,51-,52-,53-,54-,55-,56-,57+,58-,59-,60-,61-,62-/m0/s1. The Morgan fingerprint density at radius 2 is 0.734 bits per heavy atom. The smallest absolute Gasteiger partial charge is 0.312 e. The number of unbranched alkanes of at least 4 members (excludes halogenated alkanes) is 2. The highest BCUT2D eigenvalue weighted by Gasteiger charge is 2.42. The molecule has 2 heterocycles. The fraction of sp³-hybridized carbons (Fsp3) is 0.602. The summed E-state index contributed by atoms with van der Waals surface area (Å²) in [6, 6.07) is -12.5. The summed E-state index contributed by atoms with van der Waals surface area (Å²) in [5.74, 6) is -18.4. The Morgan fingerprint density at radius 3 is 1.15 bits per heavy atom. The second-order valence-corrected chi connectivity index (χ2v) is 35.7. The van der Waals surface area contributed by atoms with Crippen molar-refractivity contribution in [3.63, 3.8) is 0 Å². The molecule has 2 saturated heterocycles. The van der Waals surface area contributed by atoms with Gasteiger partial charge in [-0.3, -0.25) is 99.6 Å². The molecule has 0 aliphatic carbocycles. The summed E-state index contributed by atoms with van der Waals surface area (Å²) in [6.45, 7) is -0.0966. The molecule has 0 bridgehead atoms. The second-order valence-electron chi connectivity index (χ2n) is 33.1. The average Bonchev–Trinajstić information content (AvgIpc) is 1.64.